The summed E-state index contributed by atoms with van der Waals surface area (Å²) in [4.78, 5) is 16.1. The molecule has 5 nitrogen and oxygen atoms in total. The summed E-state index contributed by atoms with van der Waals surface area (Å²) in [5.74, 6) is -0.607. The Morgan fingerprint density at radius 1 is 1.22 bits per heavy atom. The summed E-state index contributed by atoms with van der Waals surface area (Å²) in [6, 6.07) is 13.0. The van der Waals surface area contributed by atoms with Crippen LogP contribution in [0.1, 0.15) is 16.2 Å². The van der Waals surface area contributed by atoms with Crippen LogP contribution >= 0.6 is 11.6 Å². The maximum Gasteiger partial charge on any atom is 0.257 e. The highest BCUT2D eigenvalue weighted by molar-refractivity contribution is 6.31. The first-order valence-corrected chi connectivity index (χ1v) is 7.12. The summed E-state index contributed by atoms with van der Waals surface area (Å²) in [5.41, 5.74) is 0.641. The van der Waals surface area contributed by atoms with Crippen LogP contribution < -0.4 is 5.32 Å². The van der Waals surface area contributed by atoms with E-state index >= 15 is 0 Å². The van der Waals surface area contributed by atoms with Gasteiger partial charge < -0.3 is 9.84 Å². The smallest absolute Gasteiger partial charge is 0.257 e. The Kier molecular flexibility index (Phi) is 4.34. The standard InChI is InChI=1S/C16H11ClFN3O2/c17-11-6-7-13(18)12(8-11)15(22)19-9-14-20-16(23-21-14)10-4-2-1-3-5-10/h1-8H,9H2,(H,19,22). The molecule has 23 heavy (non-hydrogen) atoms. The summed E-state index contributed by atoms with van der Waals surface area (Å²) >= 11 is 5.76. The van der Waals surface area contributed by atoms with Crippen molar-refractivity contribution in [3.05, 3.63) is 70.8 Å². The molecular formula is C16H11ClFN3O2. The van der Waals surface area contributed by atoms with Crippen molar-refractivity contribution in [3.63, 3.8) is 0 Å². The first-order valence-electron chi connectivity index (χ1n) is 6.75. The molecule has 1 aromatic heterocycles. The van der Waals surface area contributed by atoms with Crippen molar-refractivity contribution in [2.45, 2.75) is 6.54 Å². The van der Waals surface area contributed by atoms with Gasteiger partial charge in [0.05, 0.1) is 12.1 Å². The minimum atomic E-state index is -0.648. The summed E-state index contributed by atoms with van der Waals surface area (Å²) in [5, 5.41) is 6.58. The van der Waals surface area contributed by atoms with Crippen LogP contribution in [0.5, 0.6) is 0 Å². The van der Waals surface area contributed by atoms with E-state index in [0.29, 0.717) is 11.7 Å². The van der Waals surface area contributed by atoms with Crippen molar-refractivity contribution >= 4 is 17.5 Å². The van der Waals surface area contributed by atoms with Crippen molar-refractivity contribution in [1.82, 2.24) is 15.5 Å². The molecule has 2 aromatic carbocycles. The quantitative estimate of drug-likeness (QED) is 0.795. The second-order valence-electron chi connectivity index (χ2n) is 4.69. The maximum atomic E-state index is 13.6. The number of hydrogen-bond donors (Lipinski definition) is 1. The molecule has 0 bridgehead atoms. The van der Waals surface area contributed by atoms with E-state index in [9.17, 15) is 9.18 Å². The number of rotatable bonds is 4. The average molecular weight is 332 g/mol. The molecule has 0 fully saturated rings. The maximum absolute atomic E-state index is 13.6. The monoisotopic (exact) mass is 331 g/mol. The predicted octanol–water partition coefficient (Wildman–Crippen LogP) is 3.46. The fourth-order valence-electron chi connectivity index (χ4n) is 1.95. The van der Waals surface area contributed by atoms with Gasteiger partial charge in [0.1, 0.15) is 5.82 Å². The van der Waals surface area contributed by atoms with E-state index in [4.69, 9.17) is 16.1 Å². The Bertz CT molecular complexity index is 836. The van der Waals surface area contributed by atoms with Crippen LogP contribution in [0.3, 0.4) is 0 Å². The number of nitrogens with zero attached hydrogens (tertiary/aromatic N) is 2. The Morgan fingerprint density at radius 2 is 2.00 bits per heavy atom. The minimum Gasteiger partial charge on any atom is -0.345 e. The van der Waals surface area contributed by atoms with Crippen LogP contribution in [-0.2, 0) is 6.54 Å². The molecule has 0 atom stereocenters. The van der Waals surface area contributed by atoms with Gasteiger partial charge in [-0.25, -0.2) is 4.39 Å². The second-order valence-corrected chi connectivity index (χ2v) is 5.13. The SMILES string of the molecule is O=C(NCc1noc(-c2ccccc2)n1)c1cc(Cl)ccc1F. The average Bonchev–Trinajstić information content (AvgIpc) is 3.05. The molecule has 7 heteroatoms. The van der Waals surface area contributed by atoms with Gasteiger partial charge >= 0.3 is 0 Å². The van der Waals surface area contributed by atoms with Crippen LogP contribution in [-0.4, -0.2) is 16.0 Å². The summed E-state index contributed by atoms with van der Waals surface area (Å²) in [6.07, 6.45) is 0. The van der Waals surface area contributed by atoms with Gasteiger partial charge in [0.2, 0.25) is 0 Å². The van der Waals surface area contributed by atoms with Gasteiger partial charge in [-0.15, -0.1) is 0 Å². The number of halogens is 2. The van der Waals surface area contributed by atoms with Gasteiger partial charge in [-0.05, 0) is 30.3 Å². The molecule has 116 valence electrons. The molecule has 1 heterocycles. The van der Waals surface area contributed by atoms with Crippen molar-refractivity contribution < 1.29 is 13.7 Å². The molecule has 0 radical (unpaired) electrons. The fraction of sp³-hybridized carbons (Fsp3) is 0.0625. The van der Waals surface area contributed by atoms with E-state index in [1.54, 1.807) is 0 Å². The molecule has 0 spiro atoms. The molecule has 0 aliphatic heterocycles. The third-order valence-corrected chi connectivity index (χ3v) is 3.30. The van der Waals surface area contributed by atoms with Gasteiger partial charge in [0.15, 0.2) is 5.82 Å². The van der Waals surface area contributed by atoms with E-state index in [1.807, 2.05) is 30.3 Å². The summed E-state index contributed by atoms with van der Waals surface area (Å²) < 4.78 is 18.7. The molecule has 3 aromatic rings. The lowest BCUT2D eigenvalue weighted by Gasteiger charge is -2.04. The highest BCUT2D eigenvalue weighted by Gasteiger charge is 2.14. The van der Waals surface area contributed by atoms with Crippen LogP contribution in [0.15, 0.2) is 53.1 Å². The van der Waals surface area contributed by atoms with Crippen molar-refractivity contribution in [2.24, 2.45) is 0 Å². The van der Waals surface area contributed by atoms with Crippen molar-refractivity contribution in [1.29, 1.82) is 0 Å². The lowest BCUT2D eigenvalue weighted by Crippen LogP contribution is -2.24. The van der Waals surface area contributed by atoms with E-state index in [1.165, 1.54) is 12.1 Å². The van der Waals surface area contributed by atoms with Gasteiger partial charge in [0, 0.05) is 10.6 Å². The lowest BCUT2D eigenvalue weighted by molar-refractivity contribution is 0.0945. The van der Waals surface area contributed by atoms with E-state index in [-0.39, 0.29) is 17.1 Å². The third-order valence-electron chi connectivity index (χ3n) is 3.07. The third kappa shape index (κ3) is 3.54. The minimum absolute atomic E-state index is 0.0150. The van der Waals surface area contributed by atoms with Crippen LogP contribution in [0, 0.1) is 5.82 Å². The van der Waals surface area contributed by atoms with Crippen LogP contribution in [0.4, 0.5) is 4.39 Å². The number of aromatic nitrogens is 2. The first-order chi connectivity index (χ1) is 11.1. The lowest BCUT2D eigenvalue weighted by atomic mass is 10.2. The highest BCUT2D eigenvalue weighted by Crippen LogP contribution is 2.17. The molecule has 0 aliphatic carbocycles. The normalized spacial score (nSPS) is 10.5. The zero-order chi connectivity index (χ0) is 16.2. The molecule has 0 saturated carbocycles. The number of nitrogens with one attached hydrogen (secondary N) is 1. The molecule has 0 aliphatic rings. The van der Waals surface area contributed by atoms with Gasteiger partial charge in [-0.3, -0.25) is 4.79 Å². The van der Waals surface area contributed by atoms with Crippen molar-refractivity contribution in [3.8, 4) is 11.5 Å². The number of benzene rings is 2. The molecule has 1 amide bonds. The van der Waals surface area contributed by atoms with Gasteiger partial charge in [-0.1, -0.05) is 35.0 Å². The first kappa shape index (κ1) is 15.2. The Labute approximate surface area is 136 Å². The summed E-state index contributed by atoms with van der Waals surface area (Å²) in [6.45, 7) is 0.0150. The number of carbonyl (C=O) groups excluding carboxylic acids is 1. The number of hydrogen-bond acceptors (Lipinski definition) is 4. The Morgan fingerprint density at radius 3 is 2.78 bits per heavy atom. The fourth-order valence-corrected chi connectivity index (χ4v) is 2.12. The molecule has 3 rings (SSSR count). The largest absolute Gasteiger partial charge is 0.345 e. The highest BCUT2D eigenvalue weighted by atomic mass is 35.5. The van der Waals surface area contributed by atoms with E-state index in [2.05, 4.69) is 15.5 Å². The van der Waals surface area contributed by atoms with E-state index in [0.717, 1.165) is 11.6 Å². The zero-order valence-corrected chi connectivity index (χ0v) is 12.5. The van der Waals surface area contributed by atoms with Crippen molar-refractivity contribution in [2.75, 3.05) is 0 Å². The predicted molar refractivity (Wildman–Crippen MR) is 82.3 cm³/mol. The topological polar surface area (TPSA) is 68.0 Å². The number of carbonyl (C=O) groups is 1. The molecule has 0 saturated heterocycles. The molecular weight excluding hydrogens is 321 g/mol. The second kappa shape index (κ2) is 6.58. The van der Waals surface area contributed by atoms with E-state index < -0.39 is 11.7 Å². The Hall–Kier alpha value is -2.73. The number of amides is 1. The zero-order valence-electron chi connectivity index (χ0n) is 11.8. The Balaban J connectivity index is 1.68. The molecule has 0 unspecified atom stereocenters. The van der Waals surface area contributed by atoms with Gasteiger partial charge in [0.25, 0.3) is 11.8 Å². The van der Waals surface area contributed by atoms with Crippen LogP contribution in [0.25, 0.3) is 11.5 Å². The van der Waals surface area contributed by atoms with Crippen LogP contribution in [0.2, 0.25) is 5.02 Å². The summed E-state index contributed by atoms with van der Waals surface area (Å²) in [7, 11) is 0. The van der Waals surface area contributed by atoms with Gasteiger partial charge in [-0.2, -0.15) is 4.98 Å². The molecule has 1 N–H and O–H groups in total.